The van der Waals surface area contributed by atoms with Crippen molar-refractivity contribution in [1.82, 2.24) is 5.32 Å². The molecule has 0 heterocycles. The highest BCUT2D eigenvalue weighted by molar-refractivity contribution is 5.72. The van der Waals surface area contributed by atoms with Crippen molar-refractivity contribution >= 4 is 5.97 Å². The molecule has 0 aromatic heterocycles. The molecular formula is C11H14FNO2. The molecule has 3 nitrogen and oxygen atoms in total. The van der Waals surface area contributed by atoms with E-state index in [1.54, 1.807) is 19.1 Å². The first-order valence-electron chi connectivity index (χ1n) is 4.75. The van der Waals surface area contributed by atoms with E-state index >= 15 is 0 Å². The lowest BCUT2D eigenvalue weighted by Gasteiger charge is -2.17. The van der Waals surface area contributed by atoms with Crippen LogP contribution in [0.3, 0.4) is 0 Å². The molecule has 0 spiro atoms. The summed E-state index contributed by atoms with van der Waals surface area (Å²) in [6.07, 6.45) is 0. The van der Waals surface area contributed by atoms with Crippen molar-refractivity contribution in [3.63, 3.8) is 0 Å². The van der Waals surface area contributed by atoms with Gasteiger partial charge in [-0.3, -0.25) is 10.1 Å². The van der Waals surface area contributed by atoms with E-state index in [2.05, 4.69) is 5.32 Å². The van der Waals surface area contributed by atoms with Gasteiger partial charge in [-0.15, -0.1) is 0 Å². The highest BCUT2D eigenvalue weighted by atomic mass is 19.1. The molecule has 1 rings (SSSR count). The molecule has 0 fully saturated rings. The molecule has 0 bridgehead atoms. The Bertz CT molecular complexity index is 337. The van der Waals surface area contributed by atoms with Gasteiger partial charge in [-0.25, -0.2) is 4.39 Å². The van der Waals surface area contributed by atoms with Crippen molar-refractivity contribution in [2.24, 2.45) is 0 Å². The van der Waals surface area contributed by atoms with Crippen LogP contribution in [0.25, 0.3) is 0 Å². The zero-order chi connectivity index (χ0) is 11.4. The van der Waals surface area contributed by atoms with Crippen LogP contribution in [-0.4, -0.2) is 17.1 Å². The first kappa shape index (κ1) is 11.7. The fourth-order valence-corrected chi connectivity index (χ4v) is 1.29. The third-order valence-electron chi connectivity index (χ3n) is 2.24. The highest BCUT2D eigenvalue weighted by Gasteiger charge is 2.14. The van der Waals surface area contributed by atoms with Crippen LogP contribution in [0.2, 0.25) is 0 Å². The number of aliphatic carboxylic acids is 1. The van der Waals surface area contributed by atoms with Gasteiger partial charge in [-0.05, 0) is 31.5 Å². The monoisotopic (exact) mass is 211 g/mol. The zero-order valence-corrected chi connectivity index (χ0v) is 8.70. The predicted octanol–water partition coefficient (Wildman–Crippen LogP) is 1.95. The van der Waals surface area contributed by atoms with E-state index in [1.165, 1.54) is 12.1 Å². The highest BCUT2D eigenvalue weighted by Crippen LogP contribution is 2.13. The standard InChI is InChI=1S/C11H14FNO2/c1-7(13-8(2)11(14)15)9-3-5-10(12)6-4-9/h3-8,13H,1-2H3,(H,14,15)/t7-,8?/m1/s1. The van der Waals surface area contributed by atoms with Crippen LogP contribution in [-0.2, 0) is 4.79 Å². The quantitative estimate of drug-likeness (QED) is 0.800. The number of benzene rings is 1. The fourth-order valence-electron chi connectivity index (χ4n) is 1.29. The summed E-state index contributed by atoms with van der Waals surface area (Å²) in [7, 11) is 0. The minimum Gasteiger partial charge on any atom is -0.480 e. The van der Waals surface area contributed by atoms with Crippen molar-refractivity contribution in [3.05, 3.63) is 35.6 Å². The first-order chi connectivity index (χ1) is 7.00. The van der Waals surface area contributed by atoms with Gasteiger partial charge in [0.15, 0.2) is 0 Å². The van der Waals surface area contributed by atoms with E-state index < -0.39 is 12.0 Å². The number of nitrogens with one attached hydrogen (secondary N) is 1. The second-order valence-corrected chi connectivity index (χ2v) is 3.50. The van der Waals surface area contributed by atoms with Gasteiger partial charge in [0, 0.05) is 6.04 Å². The molecule has 15 heavy (non-hydrogen) atoms. The predicted molar refractivity (Wildman–Crippen MR) is 55.0 cm³/mol. The molecule has 0 amide bonds. The van der Waals surface area contributed by atoms with Gasteiger partial charge in [0.2, 0.25) is 0 Å². The summed E-state index contributed by atoms with van der Waals surface area (Å²) in [5, 5.41) is 11.6. The molecule has 1 aromatic rings. The van der Waals surface area contributed by atoms with E-state index in [1.807, 2.05) is 6.92 Å². The van der Waals surface area contributed by atoms with E-state index in [0.29, 0.717) is 0 Å². The second kappa shape index (κ2) is 4.89. The minimum absolute atomic E-state index is 0.114. The molecule has 2 N–H and O–H groups in total. The van der Waals surface area contributed by atoms with Gasteiger partial charge in [0.25, 0.3) is 0 Å². The fraction of sp³-hybridized carbons (Fsp3) is 0.364. The van der Waals surface area contributed by atoms with Gasteiger partial charge in [0.1, 0.15) is 11.9 Å². The zero-order valence-electron chi connectivity index (χ0n) is 8.70. The Morgan fingerprint density at radius 2 is 1.87 bits per heavy atom. The minimum atomic E-state index is -0.899. The summed E-state index contributed by atoms with van der Waals surface area (Å²) < 4.78 is 12.6. The summed E-state index contributed by atoms with van der Waals surface area (Å²) in [5.74, 6) is -1.19. The third-order valence-corrected chi connectivity index (χ3v) is 2.24. The van der Waals surface area contributed by atoms with Gasteiger partial charge in [0.05, 0.1) is 0 Å². The first-order valence-corrected chi connectivity index (χ1v) is 4.75. The molecule has 2 atom stereocenters. The number of carboxylic acids is 1. The molecule has 0 radical (unpaired) electrons. The van der Waals surface area contributed by atoms with Crippen molar-refractivity contribution in [1.29, 1.82) is 0 Å². The van der Waals surface area contributed by atoms with Crippen molar-refractivity contribution in [2.45, 2.75) is 25.9 Å². The van der Waals surface area contributed by atoms with Gasteiger partial charge < -0.3 is 5.11 Å². The Morgan fingerprint density at radius 1 is 1.33 bits per heavy atom. The van der Waals surface area contributed by atoms with Crippen LogP contribution in [0.5, 0.6) is 0 Å². The Kier molecular flexibility index (Phi) is 3.80. The summed E-state index contributed by atoms with van der Waals surface area (Å²) in [6.45, 7) is 3.41. The number of rotatable bonds is 4. The molecule has 1 unspecified atom stereocenters. The van der Waals surface area contributed by atoms with Crippen LogP contribution in [0.15, 0.2) is 24.3 Å². The Hall–Kier alpha value is -1.42. The summed E-state index contributed by atoms with van der Waals surface area (Å²) in [6, 6.07) is 5.27. The van der Waals surface area contributed by atoms with Crippen LogP contribution in [0, 0.1) is 5.82 Å². The smallest absolute Gasteiger partial charge is 0.320 e. The largest absolute Gasteiger partial charge is 0.480 e. The van der Waals surface area contributed by atoms with Gasteiger partial charge >= 0.3 is 5.97 Å². The Balaban J connectivity index is 2.64. The van der Waals surface area contributed by atoms with E-state index in [4.69, 9.17) is 5.11 Å². The third kappa shape index (κ3) is 3.32. The average Bonchev–Trinajstić information content (AvgIpc) is 2.18. The molecule has 0 saturated heterocycles. The topological polar surface area (TPSA) is 49.3 Å². The molecule has 0 aliphatic heterocycles. The normalized spacial score (nSPS) is 14.6. The molecular weight excluding hydrogens is 197 g/mol. The van der Waals surface area contributed by atoms with Crippen molar-refractivity contribution < 1.29 is 14.3 Å². The maximum Gasteiger partial charge on any atom is 0.320 e. The Morgan fingerprint density at radius 3 is 2.33 bits per heavy atom. The molecule has 0 aliphatic rings. The van der Waals surface area contributed by atoms with Crippen LogP contribution >= 0.6 is 0 Å². The van der Waals surface area contributed by atoms with E-state index in [-0.39, 0.29) is 11.9 Å². The lowest BCUT2D eigenvalue weighted by atomic mass is 10.1. The number of carbonyl (C=O) groups is 1. The summed E-state index contributed by atoms with van der Waals surface area (Å²) in [5.41, 5.74) is 0.865. The maximum absolute atomic E-state index is 12.6. The maximum atomic E-state index is 12.6. The average molecular weight is 211 g/mol. The summed E-state index contributed by atoms with van der Waals surface area (Å²) in [4.78, 5) is 10.6. The van der Waals surface area contributed by atoms with Gasteiger partial charge in [-0.2, -0.15) is 0 Å². The molecule has 4 heteroatoms. The Labute approximate surface area is 87.9 Å². The molecule has 1 aromatic carbocycles. The number of hydrogen-bond acceptors (Lipinski definition) is 2. The SMILES string of the molecule is CC(N[C@H](C)c1ccc(F)cc1)C(=O)O. The lowest BCUT2D eigenvalue weighted by molar-refractivity contribution is -0.139. The molecule has 82 valence electrons. The number of carboxylic acid groups (broad SMARTS) is 1. The lowest BCUT2D eigenvalue weighted by Crippen LogP contribution is -2.35. The van der Waals surface area contributed by atoms with Crippen molar-refractivity contribution in [2.75, 3.05) is 0 Å². The van der Waals surface area contributed by atoms with Crippen molar-refractivity contribution in [3.8, 4) is 0 Å². The van der Waals surface area contributed by atoms with Crippen LogP contribution in [0.1, 0.15) is 25.5 Å². The van der Waals surface area contributed by atoms with Crippen LogP contribution in [0.4, 0.5) is 4.39 Å². The summed E-state index contributed by atoms with van der Waals surface area (Å²) >= 11 is 0. The number of halogens is 1. The number of hydrogen-bond donors (Lipinski definition) is 2. The van der Waals surface area contributed by atoms with E-state index in [9.17, 15) is 9.18 Å². The second-order valence-electron chi connectivity index (χ2n) is 3.50. The van der Waals surface area contributed by atoms with E-state index in [0.717, 1.165) is 5.56 Å². The molecule has 0 saturated carbocycles. The van der Waals surface area contributed by atoms with Gasteiger partial charge in [-0.1, -0.05) is 12.1 Å². The molecule has 0 aliphatic carbocycles. The van der Waals surface area contributed by atoms with Crippen LogP contribution < -0.4 is 5.32 Å².